The quantitative estimate of drug-likeness (QED) is 0.502. The summed E-state index contributed by atoms with van der Waals surface area (Å²) in [4.78, 5) is 7.40. The molecule has 1 aromatic rings. The van der Waals surface area contributed by atoms with Gasteiger partial charge in [0.15, 0.2) is 16.1 Å². The molecule has 90 valence electrons. The predicted molar refractivity (Wildman–Crippen MR) is 57.3 cm³/mol. The number of aromatic nitrogens is 2. The van der Waals surface area contributed by atoms with Gasteiger partial charge in [-0.3, -0.25) is 0 Å². The van der Waals surface area contributed by atoms with Crippen molar-refractivity contribution in [2.45, 2.75) is 17.8 Å². The van der Waals surface area contributed by atoms with Crippen molar-refractivity contribution in [2.24, 2.45) is 0 Å². The van der Waals surface area contributed by atoms with Crippen molar-refractivity contribution in [1.82, 2.24) is 9.97 Å². The fourth-order valence-electron chi connectivity index (χ4n) is 0.761. The van der Waals surface area contributed by atoms with Crippen molar-refractivity contribution in [3.63, 3.8) is 0 Å². The van der Waals surface area contributed by atoms with E-state index < -0.39 is 12.6 Å². The number of halogens is 4. The summed E-state index contributed by atoms with van der Waals surface area (Å²) in [5.41, 5.74) is 10.8. The summed E-state index contributed by atoms with van der Waals surface area (Å²) in [6.07, 6.45) is -5.13. The Morgan fingerprint density at radius 3 is 2.38 bits per heavy atom. The molecule has 9 heteroatoms. The summed E-state index contributed by atoms with van der Waals surface area (Å²) in [5, 5.41) is 0.0305. The van der Waals surface area contributed by atoms with Crippen LogP contribution in [0.2, 0.25) is 5.15 Å². The third-order valence-electron chi connectivity index (χ3n) is 1.52. The van der Waals surface area contributed by atoms with Gasteiger partial charge in [0, 0.05) is 5.75 Å². The molecule has 0 bridgehead atoms. The van der Waals surface area contributed by atoms with Gasteiger partial charge in [-0.05, 0) is 0 Å². The highest BCUT2D eigenvalue weighted by Gasteiger charge is 2.26. The van der Waals surface area contributed by atoms with E-state index in [-0.39, 0.29) is 27.6 Å². The number of hydrogen-bond donors (Lipinski definition) is 2. The van der Waals surface area contributed by atoms with Gasteiger partial charge in [-0.15, -0.1) is 0 Å². The number of nitrogen functional groups attached to an aromatic ring is 2. The minimum atomic E-state index is -4.20. The molecular weight excluding hydrogens is 265 g/mol. The molecule has 0 saturated carbocycles. The molecule has 4 N–H and O–H groups in total. The third-order valence-corrected chi connectivity index (χ3v) is 2.66. The molecule has 16 heavy (non-hydrogen) atoms. The lowest BCUT2D eigenvalue weighted by molar-refractivity contribution is -0.129. The SMILES string of the molecule is Nc1nc(SCCC(F)(F)F)nc(Cl)c1N. The summed E-state index contributed by atoms with van der Waals surface area (Å²) >= 11 is 6.42. The van der Waals surface area contributed by atoms with Crippen molar-refractivity contribution in [3.8, 4) is 0 Å². The Labute approximate surface area is 98.6 Å². The van der Waals surface area contributed by atoms with E-state index in [2.05, 4.69) is 9.97 Å². The summed E-state index contributed by atoms with van der Waals surface area (Å²) in [6.45, 7) is 0. The lowest BCUT2D eigenvalue weighted by Gasteiger charge is -2.06. The Balaban J connectivity index is 2.62. The Hall–Kier alpha value is -0.890. The van der Waals surface area contributed by atoms with Crippen LogP contribution in [0, 0.1) is 0 Å². The van der Waals surface area contributed by atoms with E-state index in [0.717, 1.165) is 11.8 Å². The maximum absolute atomic E-state index is 11.9. The van der Waals surface area contributed by atoms with Crippen LogP contribution >= 0.6 is 23.4 Å². The molecule has 0 fully saturated rings. The van der Waals surface area contributed by atoms with E-state index in [1.54, 1.807) is 0 Å². The lowest BCUT2D eigenvalue weighted by Crippen LogP contribution is -2.08. The molecule has 0 saturated heterocycles. The van der Waals surface area contributed by atoms with Crippen LogP contribution in [-0.4, -0.2) is 21.9 Å². The number of alkyl halides is 3. The van der Waals surface area contributed by atoms with Gasteiger partial charge in [0.1, 0.15) is 5.69 Å². The van der Waals surface area contributed by atoms with Crippen LogP contribution in [0.3, 0.4) is 0 Å². The van der Waals surface area contributed by atoms with Crippen molar-refractivity contribution in [3.05, 3.63) is 5.15 Å². The Morgan fingerprint density at radius 1 is 1.25 bits per heavy atom. The summed E-state index contributed by atoms with van der Waals surface area (Å²) < 4.78 is 35.6. The fraction of sp³-hybridized carbons (Fsp3) is 0.429. The highest BCUT2D eigenvalue weighted by Crippen LogP contribution is 2.28. The largest absolute Gasteiger partial charge is 0.393 e. The maximum Gasteiger partial charge on any atom is 0.389 e. The molecule has 0 aliphatic rings. The first-order chi connectivity index (χ1) is 7.29. The smallest absolute Gasteiger partial charge is 0.389 e. The molecule has 0 aliphatic heterocycles. The minimum Gasteiger partial charge on any atom is -0.393 e. The molecular formula is C7H8ClF3N4S. The van der Waals surface area contributed by atoms with Crippen LogP contribution in [0.25, 0.3) is 0 Å². The number of nitrogens with zero attached hydrogens (tertiary/aromatic N) is 2. The van der Waals surface area contributed by atoms with E-state index in [0.29, 0.717) is 0 Å². The van der Waals surface area contributed by atoms with Crippen molar-refractivity contribution < 1.29 is 13.2 Å². The van der Waals surface area contributed by atoms with Crippen LogP contribution in [0.1, 0.15) is 6.42 Å². The van der Waals surface area contributed by atoms with Gasteiger partial charge in [-0.2, -0.15) is 13.2 Å². The number of rotatable bonds is 3. The van der Waals surface area contributed by atoms with Gasteiger partial charge in [0.25, 0.3) is 0 Å². The molecule has 1 rings (SSSR count). The zero-order valence-electron chi connectivity index (χ0n) is 7.88. The van der Waals surface area contributed by atoms with E-state index >= 15 is 0 Å². The normalized spacial score (nSPS) is 11.8. The molecule has 0 amide bonds. The van der Waals surface area contributed by atoms with Crippen LogP contribution < -0.4 is 11.5 Å². The Bertz CT molecular complexity index is 361. The van der Waals surface area contributed by atoms with E-state index in [1.807, 2.05) is 0 Å². The van der Waals surface area contributed by atoms with Gasteiger partial charge >= 0.3 is 6.18 Å². The van der Waals surface area contributed by atoms with Crippen LogP contribution in [0.15, 0.2) is 5.16 Å². The van der Waals surface area contributed by atoms with Crippen LogP contribution in [0.4, 0.5) is 24.7 Å². The first-order valence-corrected chi connectivity index (χ1v) is 5.44. The van der Waals surface area contributed by atoms with Gasteiger partial charge in [-0.25, -0.2) is 9.97 Å². The van der Waals surface area contributed by atoms with Gasteiger partial charge < -0.3 is 11.5 Å². The molecule has 0 aromatic carbocycles. The zero-order valence-corrected chi connectivity index (χ0v) is 9.46. The first kappa shape index (κ1) is 13.2. The molecule has 1 heterocycles. The molecule has 1 aromatic heterocycles. The summed E-state index contributed by atoms with van der Waals surface area (Å²) in [7, 11) is 0. The van der Waals surface area contributed by atoms with Crippen molar-refractivity contribution in [2.75, 3.05) is 17.2 Å². The van der Waals surface area contributed by atoms with E-state index in [1.165, 1.54) is 0 Å². The monoisotopic (exact) mass is 272 g/mol. The molecule has 0 spiro atoms. The van der Waals surface area contributed by atoms with Gasteiger partial charge in [0.2, 0.25) is 0 Å². The minimum absolute atomic E-state index is 0.0295. The highest BCUT2D eigenvalue weighted by atomic mass is 35.5. The molecule has 0 radical (unpaired) electrons. The van der Waals surface area contributed by atoms with Crippen molar-refractivity contribution >= 4 is 34.9 Å². The highest BCUT2D eigenvalue weighted by molar-refractivity contribution is 7.99. The topological polar surface area (TPSA) is 77.8 Å². The second kappa shape index (κ2) is 4.96. The Kier molecular flexibility index (Phi) is 4.09. The van der Waals surface area contributed by atoms with E-state index in [4.69, 9.17) is 23.1 Å². The number of thioether (sulfide) groups is 1. The molecule has 4 nitrogen and oxygen atoms in total. The average Bonchev–Trinajstić information content (AvgIpc) is 2.12. The Morgan fingerprint density at radius 2 is 1.88 bits per heavy atom. The number of nitrogens with two attached hydrogens (primary N) is 2. The predicted octanol–water partition coefficient (Wildman–Crippen LogP) is 2.34. The first-order valence-electron chi connectivity index (χ1n) is 4.07. The number of hydrogen-bond acceptors (Lipinski definition) is 5. The molecule has 0 unspecified atom stereocenters. The summed E-state index contributed by atoms with van der Waals surface area (Å²) in [6, 6.07) is 0. The average molecular weight is 273 g/mol. The second-order valence-electron chi connectivity index (χ2n) is 2.81. The van der Waals surface area contributed by atoms with Crippen LogP contribution in [0.5, 0.6) is 0 Å². The lowest BCUT2D eigenvalue weighted by atomic mass is 10.5. The van der Waals surface area contributed by atoms with Gasteiger partial charge in [0.05, 0.1) is 6.42 Å². The maximum atomic E-state index is 11.9. The second-order valence-corrected chi connectivity index (χ2v) is 4.23. The molecule has 0 atom stereocenters. The zero-order chi connectivity index (χ0) is 12.3. The third kappa shape index (κ3) is 3.93. The number of anilines is 2. The standard InChI is InChI=1S/C7H8ClF3N4S/c8-4-3(12)5(13)15-6(14-4)16-2-1-7(9,10)11/h1-2,12H2,(H2,13,14,15). The van der Waals surface area contributed by atoms with Gasteiger partial charge in [-0.1, -0.05) is 23.4 Å². The van der Waals surface area contributed by atoms with Crippen molar-refractivity contribution in [1.29, 1.82) is 0 Å². The fourth-order valence-corrected chi connectivity index (χ4v) is 1.82. The van der Waals surface area contributed by atoms with Crippen LogP contribution in [-0.2, 0) is 0 Å². The molecule has 0 aliphatic carbocycles. The van der Waals surface area contributed by atoms with E-state index in [9.17, 15) is 13.2 Å². The summed E-state index contributed by atoms with van der Waals surface area (Å²) in [5.74, 6) is -0.224.